The lowest BCUT2D eigenvalue weighted by molar-refractivity contribution is 1.31. The first-order valence-corrected chi connectivity index (χ1v) is 4.22. The Kier molecular flexibility index (Phi) is 34.6. The molecule has 0 nitrogen and oxygen atoms in total. The maximum atomic E-state index is 3.67. The molecule has 0 heteroatoms. The predicted molar refractivity (Wildman–Crippen MR) is 56.8 cm³/mol. The van der Waals surface area contributed by atoms with Gasteiger partial charge in [0, 0.05) is 0 Å². The molecule has 0 atom stereocenters. The molecule has 0 saturated carbocycles. The second kappa shape index (κ2) is 22.9. The van der Waals surface area contributed by atoms with Gasteiger partial charge in [-0.25, -0.2) is 0 Å². The highest BCUT2D eigenvalue weighted by Gasteiger charge is 1.75. The highest BCUT2D eigenvalue weighted by molar-refractivity contribution is 5.13. The summed E-state index contributed by atoms with van der Waals surface area (Å²) in [7, 11) is 0. The van der Waals surface area contributed by atoms with E-state index in [1.807, 2.05) is 33.8 Å². The molecule has 0 aliphatic carbocycles. The lowest BCUT2D eigenvalue weighted by Gasteiger charge is -1.85. The van der Waals surface area contributed by atoms with Crippen molar-refractivity contribution in [2.24, 2.45) is 0 Å². The van der Waals surface area contributed by atoms with Gasteiger partial charge in [0.25, 0.3) is 0 Å². The van der Waals surface area contributed by atoms with Gasteiger partial charge in [0.1, 0.15) is 0 Å². The van der Waals surface area contributed by atoms with Gasteiger partial charge >= 0.3 is 0 Å². The number of hydrogen-bond acceptors (Lipinski definition) is 0. The van der Waals surface area contributed by atoms with Crippen molar-refractivity contribution in [3.8, 4) is 0 Å². The van der Waals surface area contributed by atoms with Crippen molar-refractivity contribution in [2.45, 2.75) is 34.1 Å². The van der Waals surface area contributed by atoms with Gasteiger partial charge < -0.3 is 0 Å². The van der Waals surface area contributed by atoms with E-state index < -0.39 is 0 Å². The van der Waals surface area contributed by atoms with Crippen molar-refractivity contribution in [3.63, 3.8) is 0 Å². The standard InChI is InChI=1S/C7H10.2C2H6/c1-4-6-7(3)5-2;2*1-2/h4-5H,1-3,6H2;2*1-2H3. The largest absolute Gasteiger partial charge is 0.103 e. The van der Waals surface area contributed by atoms with Crippen LogP contribution in [0.4, 0.5) is 0 Å². The van der Waals surface area contributed by atoms with Crippen molar-refractivity contribution in [3.05, 3.63) is 37.5 Å². The SMILES string of the molecule is C=CCC(=C)C=C.CC.CC. The minimum Gasteiger partial charge on any atom is -0.103 e. The van der Waals surface area contributed by atoms with Gasteiger partial charge in [-0.2, -0.15) is 0 Å². The molecule has 0 aliphatic heterocycles. The summed E-state index contributed by atoms with van der Waals surface area (Å²) in [6.07, 6.45) is 4.40. The molecule has 0 amide bonds. The second-order valence-corrected chi connectivity index (χ2v) is 1.36. The van der Waals surface area contributed by atoms with Gasteiger partial charge in [0.15, 0.2) is 0 Å². The van der Waals surface area contributed by atoms with Gasteiger partial charge in [-0.05, 0) is 6.42 Å². The average molecular weight is 154 g/mol. The lowest BCUT2D eigenvalue weighted by Crippen LogP contribution is -1.65. The van der Waals surface area contributed by atoms with Crippen LogP contribution in [0, 0.1) is 0 Å². The third-order valence-corrected chi connectivity index (χ3v) is 0.695. The molecule has 0 unspecified atom stereocenters. The van der Waals surface area contributed by atoms with Crippen molar-refractivity contribution < 1.29 is 0 Å². The second-order valence-electron chi connectivity index (χ2n) is 1.36. The maximum Gasteiger partial charge on any atom is -0.0106 e. The summed E-state index contributed by atoms with van der Waals surface area (Å²) in [5, 5.41) is 0. The molecule has 0 rings (SSSR count). The van der Waals surface area contributed by atoms with E-state index in [1.54, 1.807) is 6.08 Å². The molecule has 0 heterocycles. The summed E-state index contributed by atoms with van der Waals surface area (Å²) in [5.41, 5.74) is 1.02. The molecule has 0 spiro atoms. The Bertz CT molecular complexity index is 88.2. The fourth-order valence-corrected chi connectivity index (χ4v) is 0.269. The first-order valence-electron chi connectivity index (χ1n) is 4.22. The molecule has 66 valence electrons. The maximum absolute atomic E-state index is 3.67. The first kappa shape index (κ1) is 16.7. The summed E-state index contributed by atoms with van der Waals surface area (Å²) in [5.74, 6) is 0. The van der Waals surface area contributed by atoms with Crippen LogP contribution in [0.2, 0.25) is 0 Å². The van der Waals surface area contributed by atoms with Crippen molar-refractivity contribution in [2.75, 3.05) is 0 Å². The fourth-order valence-electron chi connectivity index (χ4n) is 0.269. The molecule has 0 bridgehead atoms. The van der Waals surface area contributed by atoms with Crippen LogP contribution >= 0.6 is 0 Å². The minimum absolute atomic E-state index is 0.851. The summed E-state index contributed by atoms with van der Waals surface area (Å²) in [6.45, 7) is 18.7. The van der Waals surface area contributed by atoms with Gasteiger partial charge in [-0.1, -0.05) is 58.6 Å². The van der Waals surface area contributed by atoms with Crippen LogP contribution in [0.25, 0.3) is 0 Å². The molecule has 0 aliphatic rings. The van der Waals surface area contributed by atoms with E-state index in [0.717, 1.165) is 12.0 Å². The zero-order chi connectivity index (χ0) is 9.70. The quantitative estimate of drug-likeness (QED) is 0.418. The summed E-state index contributed by atoms with van der Waals surface area (Å²) in [6, 6.07) is 0. The van der Waals surface area contributed by atoms with Gasteiger partial charge in [0.05, 0.1) is 0 Å². The Hall–Kier alpha value is -0.780. The zero-order valence-corrected chi connectivity index (χ0v) is 8.48. The summed E-state index contributed by atoms with van der Waals surface area (Å²) in [4.78, 5) is 0. The van der Waals surface area contributed by atoms with Gasteiger partial charge in [-0.15, -0.1) is 6.58 Å². The van der Waals surface area contributed by atoms with Crippen LogP contribution < -0.4 is 0 Å². The van der Waals surface area contributed by atoms with E-state index in [1.165, 1.54) is 0 Å². The highest BCUT2D eigenvalue weighted by atomic mass is 13.8. The van der Waals surface area contributed by atoms with E-state index in [2.05, 4.69) is 19.7 Å². The molecular formula is C11H22. The zero-order valence-electron chi connectivity index (χ0n) is 8.48. The summed E-state index contributed by atoms with van der Waals surface area (Å²) >= 11 is 0. The normalized spacial score (nSPS) is 5.82. The Morgan fingerprint density at radius 1 is 1.09 bits per heavy atom. The highest BCUT2D eigenvalue weighted by Crippen LogP contribution is 1.96. The molecule has 0 aromatic carbocycles. The Morgan fingerprint density at radius 2 is 1.45 bits per heavy atom. The molecule has 0 fully saturated rings. The monoisotopic (exact) mass is 154 g/mol. The van der Waals surface area contributed by atoms with Gasteiger partial charge in [0.2, 0.25) is 0 Å². The Balaban J connectivity index is -0.000000138. The third kappa shape index (κ3) is 27.0. The first-order chi connectivity index (χ1) is 5.31. The molecule has 0 radical (unpaired) electrons. The number of hydrogen-bond donors (Lipinski definition) is 0. The molecular weight excluding hydrogens is 132 g/mol. The Labute approximate surface area is 72.3 Å². The predicted octanol–water partition coefficient (Wildman–Crippen LogP) is 4.36. The van der Waals surface area contributed by atoms with E-state index in [-0.39, 0.29) is 0 Å². The van der Waals surface area contributed by atoms with E-state index in [0.29, 0.717) is 0 Å². The number of rotatable bonds is 3. The van der Waals surface area contributed by atoms with Crippen LogP contribution in [0.1, 0.15) is 34.1 Å². The van der Waals surface area contributed by atoms with E-state index >= 15 is 0 Å². The lowest BCUT2D eigenvalue weighted by atomic mass is 10.2. The smallest absolute Gasteiger partial charge is 0.0106 e. The molecule has 0 N–H and O–H groups in total. The molecule has 0 aromatic heterocycles. The molecule has 0 saturated heterocycles. The van der Waals surface area contributed by atoms with Crippen LogP contribution in [-0.4, -0.2) is 0 Å². The number of allylic oxidation sites excluding steroid dienone is 3. The van der Waals surface area contributed by atoms with E-state index in [4.69, 9.17) is 0 Å². The summed E-state index contributed by atoms with van der Waals surface area (Å²) < 4.78 is 0. The topological polar surface area (TPSA) is 0 Å². The fraction of sp³-hybridized carbons (Fsp3) is 0.455. The van der Waals surface area contributed by atoms with Crippen molar-refractivity contribution >= 4 is 0 Å². The minimum atomic E-state index is 0.851. The third-order valence-electron chi connectivity index (χ3n) is 0.695. The van der Waals surface area contributed by atoms with Crippen LogP contribution in [0.3, 0.4) is 0 Å². The average Bonchev–Trinajstić information content (AvgIpc) is 2.12. The van der Waals surface area contributed by atoms with Crippen molar-refractivity contribution in [1.29, 1.82) is 0 Å². The van der Waals surface area contributed by atoms with Crippen molar-refractivity contribution in [1.82, 2.24) is 0 Å². The van der Waals surface area contributed by atoms with Crippen LogP contribution in [0.15, 0.2) is 37.5 Å². The van der Waals surface area contributed by atoms with Crippen LogP contribution in [-0.2, 0) is 0 Å². The molecule has 11 heavy (non-hydrogen) atoms. The van der Waals surface area contributed by atoms with E-state index in [9.17, 15) is 0 Å². The van der Waals surface area contributed by atoms with Crippen LogP contribution in [0.5, 0.6) is 0 Å². The molecule has 0 aromatic rings. The van der Waals surface area contributed by atoms with Gasteiger partial charge in [-0.3, -0.25) is 0 Å². The Morgan fingerprint density at radius 3 is 1.55 bits per heavy atom.